The number of aryl methyl sites for hydroxylation is 4. The molecule has 2 saturated heterocycles. The third kappa shape index (κ3) is 10.4. The lowest BCUT2D eigenvalue weighted by atomic mass is 9.76. The van der Waals surface area contributed by atoms with Crippen LogP contribution in [0, 0.1) is 39.5 Å². The van der Waals surface area contributed by atoms with E-state index in [1.165, 1.54) is 19.8 Å². The van der Waals surface area contributed by atoms with Gasteiger partial charge in [0.15, 0.2) is 0 Å². The van der Waals surface area contributed by atoms with Gasteiger partial charge in [0.1, 0.15) is 17.3 Å². The van der Waals surface area contributed by atoms with Crippen molar-refractivity contribution in [2.75, 3.05) is 40.4 Å². The number of nitrogens with one attached hydrogen (secondary N) is 4. The number of carbonyl (C=O) groups excluding carboxylic acids is 2. The molecule has 18 nitrogen and oxygen atoms in total. The van der Waals surface area contributed by atoms with E-state index < -0.39 is 0 Å². The quantitative estimate of drug-likeness (QED) is 0.0697. The molecule has 4 N–H and O–H groups in total. The highest BCUT2D eigenvalue weighted by atomic mass is 16.5. The summed E-state index contributed by atoms with van der Waals surface area (Å²) in [7, 11) is 7.04. The molecule has 0 aliphatic carbocycles. The van der Waals surface area contributed by atoms with Gasteiger partial charge in [-0.05, 0) is 128 Å². The molecule has 8 aromatic rings. The van der Waals surface area contributed by atoms with Crippen molar-refractivity contribution in [2.24, 2.45) is 25.9 Å². The first kappa shape index (κ1) is 53.7. The molecular formula is C60H74N12O6. The number of likely N-dealkylation sites (tertiary alicyclic amines) is 2. The third-order valence-corrected chi connectivity index (χ3v) is 17.0. The van der Waals surface area contributed by atoms with Crippen molar-refractivity contribution in [3.05, 3.63) is 162 Å². The van der Waals surface area contributed by atoms with Crippen LogP contribution in [0.15, 0.2) is 89.0 Å². The van der Waals surface area contributed by atoms with Crippen molar-refractivity contribution >= 4 is 33.6 Å². The lowest BCUT2D eigenvalue weighted by Crippen LogP contribution is -2.42. The zero-order valence-corrected chi connectivity index (χ0v) is 46.7. The lowest BCUT2D eigenvalue weighted by molar-refractivity contribution is 0.0942. The van der Waals surface area contributed by atoms with Crippen LogP contribution in [0.1, 0.15) is 123 Å². The molecule has 2 unspecified atom stereocenters. The monoisotopic (exact) mass is 1060 g/mol. The fourth-order valence-corrected chi connectivity index (χ4v) is 13.0. The second-order valence-electron chi connectivity index (χ2n) is 21.8. The van der Waals surface area contributed by atoms with Crippen molar-refractivity contribution in [3.63, 3.8) is 0 Å². The Morgan fingerprint density at radius 1 is 0.731 bits per heavy atom. The summed E-state index contributed by atoms with van der Waals surface area (Å²) < 4.78 is 19.8. The second-order valence-corrected chi connectivity index (χ2v) is 21.8. The number of H-pyrrole nitrogens is 2. The van der Waals surface area contributed by atoms with Gasteiger partial charge in [-0.2, -0.15) is 5.10 Å². The average molecular weight is 1060 g/mol. The first-order chi connectivity index (χ1) is 37.5. The smallest absolute Gasteiger partial charge is 0.256 e. The van der Waals surface area contributed by atoms with Crippen LogP contribution in [0.4, 0.5) is 0 Å². The maximum absolute atomic E-state index is 15.0. The zero-order chi connectivity index (χ0) is 55.1. The van der Waals surface area contributed by atoms with Crippen molar-refractivity contribution < 1.29 is 19.1 Å². The van der Waals surface area contributed by atoms with E-state index in [2.05, 4.69) is 100 Å². The Bertz CT molecular complexity index is 3640. The number of hydrogen-bond acceptors (Lipinski definition) is 10. The fraction of sp³-hybridized carbons (Fsp3) is 0.433. The number of amides is 2. The number of benzene rings is 2. The van der Waals surface area contributed by atoms with Crippen LogP contribution in [-0.4, -0.2) is 100 Å². The highest BCUT2D eigenvalue weighted by Gasteiger charge is 2.38. The molecule has 8 heterocycles. The predicted octanol–water partition coefficient (Wildman–Crippen LogP) is 7.89. The topological polar surface area (TPSA) is 194 Å². The molecular weight excluding hydrogens is 985 g/mol. The van der Waals surface area contributed by atoms with Crippen molar-refractivity contribution in [2.45, 2.75) is 105 Å². The molecule has 18 heteroatoms. The number of ether oxygens (including phenoxy) is 2. The second kappa shape index (κ2) is 22.3. The van der Waals surface area contributed by atoms with Crippen LogP contribution >= 0.6 is 0 Å². The Balaban J connectivity index is 1.03. The number of rotatable bonds is 17. The maximum Gasteiger partial charge on any atom is 0.256 e. The highest BCUT2D eigenvalue weighted by Crippen LogP contribution is 2.45. The SMILES string of the molecule is COc1cc(C)[nH]c(=O)c1CNC(=O)c1c(C)n([C@H](C)C2CCN(Cc3cnn(C)c3)CC2)c2ccc(C3CN(Cc4nccn4C)CCC3[C@@H](C)n3c(C)c(C(=O)NCc4c(OC)cc(C)[nH]c4=O)c4ccccc43)cc12. The summed E-state index contributed by atoms with van der Waals surface area (Å²) >= 11 is 0. The van der Waals surface area contributed by atoms with Crippen LogP contribution in [0.2, 0.25) is 0 Å². The van der Waals surface area contributed by atoms with Gasteiger partial charge in [0.2, 0.25) is 0 Å². The third-order valence-electron chi connectivity index (χ3n) is 17.0. The van der Waals surface area contributed by atoms with Crippen molar-refractivity contribution in [1.82, 2.24) is 58.9 Å². The van der Waals surface area contributed by atoms with Gasteiger partial charge in [-0.3, -0.25) is 33.7 Å². The van der Waals surface area contributed by atoms with Crippen LogP contribution in [0.3, 0.4) is 0 Å². The molecule has 0 spiro atoms. The number of fused-ring (bicyclic) bond motifs is 2. The number of aromatic nitrogens is 8. The van der Waals surface area contributed by atoms with Gasteiger partial charge in [0.25, 0.3) is 22.9 Å². The minimum absolute atomic E-state index is 0.00431. The van der Waals surface area contributed by atoms with Crippen LogP contribution in [0.25, 0.3) is 21.8 Å². The van der Waals surface area contributed by atoms with Gasteiger partial charge in [-0.1, -0.05) is 24.3 Å². The highest BCUT2D eigenvalue weighted by molar-refractivity contribution is 6.09. The lowest BCUT2D eigenvalue weighted by Gasteiger charge is -2.42. The number of nitrogens with zero attached hydrogens (tertiary/aromatic N) is 8. The molecule has 10 rings (SSSR count). The fourth-order valence-electron chi connectivity index (χ4n) is 13.0. The van der Waals surface area contributed by atoms with Gasteiger partial charge in [-0.15, -0.1) is 0 Å². The molecule has 4 atom stereocenters. The first-order valence-corrected chi connectivity index (χ1v) is 27.3. The molecule has 2 aliphatic rings. The summed E-state index contributed by atoms with van der Waals surface area (Å²) in [5.74, 6) is 1.76. The Hall–Kier alpha value is -7.70. The summed E-state index contributed by atoms with van der Waals surface area (Å²) in [4.78, 5) is 71.3. The maximum atomic E-state index is 15.0. The summed E-state index contributed by atoms with van der Waals surface area (Å²) in [6.45, 7) is 17.3. The van der Waals surface area contributed by atoms with Gasteiger partial charge in [-0.25, -0.2) is 4.98 Å². The van der Waals surface area contributed by atoms with Crippen molar-refractivity contribution in [1.29, 1.82) is 0 Å². The molecule has 2 aliphatic heterocycles. The molecule has 2 aromatic carbocycles. The Morgan fingerprint density at radius 3 is 1.91 bits per heavy atom. The van der Waals surface area contributed by atoms with Crippen LogP contribution < -0.4 is 31.2 Å². The van der Waals surface area contributed by atoms with Crippen molar-refractivity contribution in [3.8, 4) is 11.5 Å². The Labute approximate surface area is 454 Å². The number of pyridine rings is 2. The minimum atomic E-state index is -0.305. The molecule has 0 saturated carbocycles. The van der Waals surface area contributed by atoms with E-state index in [1.807, 2.05) is 62.5 Å². The number of para-hydroxylation sites is 1. The summed E-state index contributed by atoms with van der Waals surface area (Å²) in [5.41, 5.74) is 8.59. The van der Waals surface area contributed by atoms with Crippen LogP contribution in [0.5, 0.6) is 11.5 Å². The number of carbonyl (C=O) groups is 2. The first-order valence-electron chi connectivity index (χ1n) is 27.3. The molecule has 2 fully saturated rings. The predicted molar refractivity (Wildman–Crippen MR) is 302 cm³/mol. The van der Waals surface area contributed by atoms with E-state index in [4.69, 9.17) is 14.5 Å². The molecule has 78 heavy (non-hydrogen) atoms. The number of piperidine rings is 2. The van der Waals surface area contributed by atoms with Gasteiger partial charge < -0.3 is 43.8 Å². The summed E-state index contributed by atoms with van der Waals surface area (Å²) in [6.07, 6.45) is 10.7. The molecule has 410 valence electrons. The number of methoxy groups -OCH3 is 2. The van der Waals surface area contributed by atoms with E-state index >= 15 is 4.79 Å². The zero-order valence-electron chi connectivity index (χ0n) is 46.7. The Morgan fingerprint density at radius 2 is 1.32 bits per heavy atom. The molecule has 2 amide bonds. The minimum Gasteiger partial charge on any atom is -0.496 e. The number of imidazole rings is 1. The van der Waals surface area contributed by atoms with E-state index in [0.717, 1.165) is 96.6 Å². The largest absolute Gasteiger partial charge is 0.496 e. The number of aromatic amines is 2. The van der Waals surface area contributed by atoms with Crippen LogP contribution in [-0.2, 0) is 40.3 Å². The summed E-state index contributed by atoms with van der Waals surface area (Å²) in [5, 5.41) is 12.3. The Kier molecular flexibility index (Phi) is 15.4. The molecule has 0 radical (unpaired) electrons. The van der Waals surface area contributed by atoms with E-state index in [-0.39, 0.29) is 59.9 Å². The van der Waals surface area contributed by atoms with E-state index in [1.54, 1.807) is 26.0 Å². The standard InChI is InChI=1S/C60H74N12O6/c1-35-25-52(77-9)47(57(73)65-35)29-62-59(75)55-39(5)72(50-14-12-11-13-45(50)55)38(4)44-19-23-70(34-54-61-20-24-67(54)7)33-49(44)43-15-16-51-46(27-43)56(60(76)63-30-48-53(78-10)26-36(2)66-58(48)74)40(6)71(51)37(3)42-17-21-69(22-18-42)32-41-28-64-68(8)31-41/h11-16,20,24-28,31,37-38,42,44,49H,17-19,21-23,29-30,32-34H2,1-10H3,(H,62,75)(H,63,76)(H,65,73)(H,66,74)/t37-,38-,44?,49?/m1/s1. The van der Waals surface area contributed by atoms with Gasteiger partial charge in [0.05, 0.1) is 62.3 Å². The molecule has 0 bridgehead atoms. The number of hydrogen-bond donors (Lipinski definition) is 4. The normalized spacial score (nSPS) is 17.4. The van der Waals surface area contributed by atoms with E-state index in [0.29, 0.717) is 57.6 Å². The average Bonchev–Trinajstić information content (AvgIpc) is 4.39. The van der Waals surface area contributed by atoms with E-state index in [9.17, 15) is 14.4 Å². The summed E-state index contributed by atoms with van der Waals surface area (Å²) in [6, 6.07) is 18.4. The van der Waals surface area contributed by atoms with Gasteiger partial charge in [0, 0.05) is 114 Å². The van der Waals surface area contributed by atoms with Gasteiger partial charge >= 0.3 is 0 Å². The molecule has 6 aromatic heterocycles.